The molecule has 0 saturated carbocycles. The van der Waals surface area contributed by atoms with Gasteiger partial charge in [0.25, 0.3) is 5.91 Å². The van der Waals surface area contributed by atoms with Gasteiger partial charge in [-0.3, -0.25) is 9.78 Å². The summed E-state index contributed by atoms with van der Waals surface area (Å²) in [7, 11) is -2.55. The van der Waals surface area contributed by atoms with Gasteiger partial charge in [0.05, 0.1) is 23.2 Å². The SMILES string of the molecule is Cc1cc(C(F)(F)F)cc(N2[C@H](C(=O)N(C)c3cncc4ccccc34)CCS2(=O)=O)n1. The lowest BCUT2D eigenvalue weighted by atomic mass is 10.1. The van der Waals surface area contributed by atoms with Gasteiger partial charge in [-0.15, -0.1) is 0 Å². The van der Waals surface area contributed by atoms with Gasteiger partial charge < -0.3 is 4.90 Å². The minimum absolute atomic E-state index is 0.00488. The number of hydrogen-bond acceptors (Lipinski definition) is 5. The average Bonchev–Trinajstić information content (AvgIpc) is 3.06. The monoisotopic (exact) mass is 464 g/mol. The topological polar surface area (TPSA) is 83.5 Å². The Labute approximate surface area is 182 Å². The molecule has 1 aromatic carbocycles. The number of carbonyl (C=O) groups is 1. The highest BCUT2D eigenvalue weighted by atomic mass is 32.2. The molecule has 1 amide bonds. The van der Waals surface area contributed by atoms with Crippen LogP contribution in [0.25, 0.3) is 10.8 Å². The number of aryl methyl sites for hydroxylation is 1. The minimum atomic E-state index is -4.68. The van der Waals surface area contributed by atoms with Crippen LogP contribution in [0.15, 0.2) is 48.8 Å². The van der Waals surface area contributed by atoms with Gasteiger partial charge in [-0.2, -0.15) is 13.2 Å². The summed E-state index contributed by atoms with van der Waals surface area (Å²) in [5.74, 6) is -1.37. The molecule has 168 valence electrons. The van der Waals surface area contributed by atoms with Crippen molar-refractivity contribution < 1.29 is 26.4 Å². The number of alkyl halides is 3. The maximum absolute atomic E-state index is 13.4. The lowest BCUT2D eigenvalue weighted by molar-refractivity contribution is -0.137. The van der Waals surface area contributed by atoms with Crippen LogP contribution in [0.2, 0.25) is 0 Å². The molecule has 7 nitrogen and oxygen atoms in total. The van der Waals surface area contributed by atoms with Gasteiger partial charge in [-0.05, 0) is 25.5 Å². The Morgan fingerprint density at radius 3 is 2.62 bits per heavy atom. The third-order valence-corrected chi connectivity index (χ3v) is 7.14. The van der Waals surface area contributed by atoms with Gasteiger partial charge >= 0.3 is 6.18 Å². The lowest BCUT2D eigenvalue weighted by Gasteiger charge is -2.28. The van der Waals surface area contributed by atoms with Gasteiger partial charge in [-0.25, -0.2) is 17.7 Å². The zero-order chi connectivity index (χ0) is 23.3. The number of carbonyl (C=O) groups excluding carboxylic acids is 1. The first-order chi connectivity index (χ1) is 15.0. The van der Waals surface area contributed by atoms with Crippen LogP contribution in [0.5, 0.6) is 0 Å². The summed E-state index contributed by atoms with van der Waals surface area (Å²) in [6, 6.07) is 7.52. The Bertz CT molecular complexity index is 1310. The first-order valence-corrected chi connectivity index (χ1v) is 11.3. The Morgan fingerprint density at radius 1 is 1.19 bits per heavy atom. The highest BCUT2D eigenvalue weighted by molar-refractivity contribution is 7.93. The van der Waals surface area contributed by atoms with Gasteiger partial charge in [0.1, 0.15) is 11.9 Å². The summed E-state index contributed by atoms with van der Waals surface area (Å²) in [5.41, 5.74) is -0.569. The van der Waals surface area contributed by atoms with Gasteiger partial charge in [0.15, 0.2) is 0 Å². The van der Waals surface area contributed by atoms with Crippen LogP contribution in [0.1, 0.15) is 17.7 Å². The molecule has 0 aliphatic carbocycles. The van der Waals surface area contributed by atoms with E-state index in [2.05, 4.69) is 9.97 Å². The quantitative estimate of drug-likeness (QED) is 0.592. The number of amides is 1. The van der Waals surface area contributed by atoms with E-state index in [0.29, 0.717) is 16.1 Å². The summed E-state index contributed by atoms with van der Waals surface area (Å²) in [6.45, 7) is 1.34. The molecule has 3 aromatic rings. The molecular weight excluding hydrogens is 445 g/mol. The highest BCUT2D eigenvalue weighted by Gasteiger charge is 2.45. The van der Waals surface area contributed by atoms with Gasteiger partial charge in [0.2, 0.25) is 10.0 Å². The Morgan fingerprint density at radius 2 is 1.91 bits per heavy atom. The van der Waals surface area contributed by atoms with Crippen molar-refractivity contribution >= 4 is 38.2 Å². The van der Waals surface area contributed by atoms with Crippen LogP contribution in [-0.4, -0.2) is 43.1 Å². The number of halogens is 3. The molecule has 0 spiro atoms. The zero-order valence-corrected chi connectivity index (χ0v) is 18.0. The number of anilines is 2. The number of aromatic nitrogens is 2. The fourth-order valence-electron chi connectivity index (χ4n) is 3.83. The predicted octanol–water partition coefficient (Wildman–Crippen LogP) is 3.53. The van der Waals surface area contributed by atoms with E-state index >= 15 is 0 Å². The summed E-state index contributed by atoms with van der Waals surface area (Å²) < 4.78 is 66.1. The predicted molar refractivity (Wildman–Crippen MR) is 114 cm³/mol. The molecule has 3 heterocycles. The largest absolute Gasteiger partial charge is 0.416 e. The van der Waals surface area contributed by atoms with Crippen LogP contribution < -0.4 is 9.21 Å². The zero-order valence-electron chi connectivity index (χ0n) is 17.2. The van der Waals surface area contributed by atoms with E-state index in [4.69, 9.17) is 0 Å². The number of hydrogen-bond donors (Lipinski definition) is 0. The molecule has 11 heteroatoms. The van der Waals surface area contributed by atoms with Crippen molar-refractivity contribution in [2.75, 3.05) is 22.0 Å². The highest BCUT2D eigenvalue weighted by Crippen LogP contribution is 2.36. The third kappa shape index (κ3) is 3.88. The molecule has 0 N–H and O–H groups in total. The molecule has 0 bridgehead atoms. The second-order valence-electron chi connectivity index (χ2n) is 7.55. The van der Waals surface area contributed by atoms with Crippen molar-refractivity contribution in [3.8, 4) is 0 Å². The molecule has 2 aromatic heterocycles. The van der Waals surface area contributed by atoms with E-state index < -0.39 is 39.5 Å². The summed E-state index contributed by atoms with van der Waals surface area (Å²) >= 11 is 0. The van der Waals surface area contributed by atoms with Crippen molar-refractivity contribution in [3.63, 3.8) is 0 Å². The first kappa shape index (κ1) is 22.0. The third-order valence-electron chi connectivity index (χ3n) is 5.35. The van der Waals surface area contributed by atoms with E-state index in [-0.39, 0.29) is 17.9 Å². The molecule has 1 fully saturated rings. The van der Waals surface area contributed by atoms with Crippen LogP contribution in [-0.2, 0) is 21.0 Å². The Hall–Kier alpha value is -3.21. The summed E-state index contributed by atoms with van der Waals surface area (Å²) in [4.78, 5) is 22.8. The molecule has 1 aliphatic rings. The Kier molecular flexibility index (Phi) is 5.32. The molecule has 1 atom stereocenters. The summed E-state index contributed by atoms with van der Waals surface area (Å²) in [5, 5.41) is 1.52. The maximum Gasteiger partial charge on any atom is 0.416 e. The number of benzene rings is 1. The molecule has 32 heavy (non-hydrogen) atoms. The van der Waals surface area contributed by atoms with E-state index in [0.717, 1.165) is 16.8 Å². The molecular formula is C21H19F3N4O3S. The Balaban J connectivity index is 1.76. The number of fused-ring (bicyclic) bond motifs is 1. The molecule has 0 unspecified atom stereocenters. The number of likely N-dealkylation sites (N-methyl/N-ethyl adjacent to an activating group) is 1. The number of pyridine rings is 2. The van der Waals surface area contributed by atoms with Crippen molar-refractivity contribution in [1.82, 2.24) is 9.97 Å². The van der Waals surface area contributed by atoms with Gasteiger partial charge in [-0.1, -0.05) is 24.3 Å². The van der Waals surface area contributed by atoms with Crippen molar-refractivity contribution in [3.05, 3.63) is 60.0 Å². The molecule has 1 aliphatic heterocycles. The van der Waals surface area contributed by atoms with Crippen molar-refractivity contribution in [2.24, 2.45) is 0 Å². The number of sulfonamides is 1. The summed E-state index contributed by atoms with van der Waals surface area (Å²) in [6.07, 6.45) is -1.63. The van der Waals surface area contributed by atoms with E-state index in [1.165, 1.54) is 25.1 Å². The van der Waals surface area contributed by atoms with Crippen LogP contribution in [0.4, 0.5) is 24.7 Å². The molecule has 4 rings (SSSR count). The van der Waals surface area contributed by atoms with Crippen LogP contribution >= 0.6 is 0 Å². The normalized spacial score (nSPS) is 18.2. The van der Waals surface area contributed by atoms with Crippen LogP contribution in [0, 0.1) is 6.92 Å². The standard InChI is InChI=1S/C21H19F3N4O3S/c1-13-9-15(21(22,23)24)10-19(26-13)28-17(7-8-32(28,30)31)20(29)27(2)18-12-25-11-14-5-3-4-6-16(14)18/h3-6,9-12,17H,7-8H2,1-2H3/t17-/m0/s1. The van der Waals surface area contributed by atoms with Gasteiger partial charge in [0, 0.05) is 29.7 Å². The van der Waals surface area contributed by atoms with Crippen molar-refractivity contribution in [2.45, 2.75) is 25.6 Å². The first-order valence-electron chi connectivity index (χ1n) is 9.67. The molecule has 0 radical (unpaired) electrons. The fraction of sp³-hybridized carbons (Fsp3) is 0.286. The minimum Gasteiger partial charge on any atom is -0.312 e. The lowest BCUT2D eigenvalue weighted by Crippen LogP contribution is -2.46. The second kappa shape index (κ2) is 7.73. The maximum atomic E-state index is 13.4. The number of nitrogens with zero attached hydrogens (tertiary/aromatic N) is 4. The number of rotatable bonds is 3. The average molecular weight is 464 g/mol. The smallest absolute Gasteiger partial charge is 0.312 e. The fourth-order valence-corrected chi connectivity index (χ4v) is 5.51. The van der Waals surface area contributed by atoms with E-state index in [9.17, 15) is 26.4 Å². The van der Waals surface area contributed by atoms with E-state index in [1.54, 1.807) is 18.3 Å². The van der Waals surface area contributed by atoms with E-state index in [1.807, 2.05) is 12.1 Å². The molecule has 1 saturated heterocycles. The second-order valence-corrected chi connectivity index (χ2v) is 9.51. The van der Waals surface area contributed by atoms with Crippen LogP contribution in [0.3, 0.4) is 0 Å². The van der Waals surface area contributed by atoms with Crippen molar-refractivity contribution in [1.29, 1.82) is 0 Å².